The van der Waals surface area contributed by atoms with E-state index in [9.17, 15) is 52.7 Å². The SMILES string of the molecule is FC(F)(F)c1cccc(Nc2cccc(C(F)(F)F)c2C(F)(F)F)c1C(F)(F)F. The molecule has 0 atom stereocenters. The van der Waals surface area contributed by atoms with E-state index < -0.39 is 58.3 Å². The normalized spacial score (nSPS) is 13.5. The molecule has 0 aliphatic carbocycles. The van der Waals surface area contributed by atoms with Crippen LogP contribution in [-0.2, 0) is 24.7 Å². The summed E-state index contributed by atoms with van der Waals surface area (Å²) in [6.07, 6.45) is -22.4. The Morgan fingerprint density at radius 2 is 0.759 bits per heavy atom. The van der Waals surface area contributed by atoms with Crippen molar-refractivity contribution in [2.45, 2.75) is 24.7 Å². The van der Waals surface area contributed by atoms with Crippen LogP contribution in [0.25, 0.3) is 0 Å². The van der Waals surface area contributed by atoms with Crippen molar-refractivity contribution in [3.63, 3.8) is 0 Å². The molecule has 2 rings (SSSR count). The van der Waals surface area contributed by atoms with E-state index in [0.29, 0.717) is 24.3 Å². The molecule has 0 aromatic heterocycles. The van der Waals surface area contributed by atoms with E-state index in [0.717, 1.165) is 0 Å². The molecule has 160 valence electrons. The Morgan fingerprint density at radius 1 is 0.448 bits per heavy atom. The summed E-state index contributed by atoms with van der Waals surface area (Å²) in [6, 6.07) is 1.79. The Balaban J connectivity index is 2.77. The van der Waals surface area contributed by atoms with Gasteiger partial charge < -0.3 is 5.32 Å². The van der Waals surface area contributed by atoms with E-state index in [1.807, 2.05) is 0 Å². The predicted molar refractivity (Wildman–Crippen MR) is 76.2 cm³/mol. The maximum atomic E-state index is 13.2. The topological polar surface area (TPSA) is 12.0 Å². The molecule has 0 fully saturated rings. The van der Waals surface area contributed by atoms with Crippen molar-refractivity contribution in [3.8, 4) is 0 Å². The molecule has 0 saturated heterocycles. The lowest BCUT2D eigenvalue weighted by atomic mass is 10.0. The quantitative estimate of drug-likeness (QED) is 0.476. The van der Waals surface area contributed by atoms with Crippen LogP contribution in [0, 0.1) is 0 Å². The standard InChI is InChI=1S/C16H7F12N/c17-13(18,19)7-3-1-5-9(11(7)15(23,24)25)29-10-6-2-4-8(14(20,21)22)12(10)16(26,27)28/h1-6,29H. The highest BCUT2D eigenvalue weighted by Gasteiger charge is 2.47. The van der Waals surface area contributed by atoms with Crippen LogP contribution in [0.1, 0.15) is 22.3 Å². The first-order valence-electron chi connectivity index (χ1n) is 7.26. The van der Waals surface area contributed by atoms with E-state index in [4.69, 9.17) is 0 Å². The smallest absolute Gasteiger partial charge is 0.355 e. The number of alkyl halides is 12. The molecule has 0 aliphatic rings. The van der Waals surface area contributed by atoms with E-state index in [1.165, 1.54) is 5.32 Å². The van der Waals surface area contributed by atoms with Gasteiger partial charge in [-0.1, -0.05) is 12.1 Å². The van der Waals surface area contributed by atoms with Crippen molar-refractivity contribution in [1.82, 2.24) is 0 Å². The van der Waals surface area contributed by atoms with Crippen molar-refractivity contribution in [3.05, 3.63) is 58.7 Å². The van der Waals surface area contributed by atoms with Gasteiger partial charge in [0.05, 0.1) is 33.6 Å². The highest BCUT2D eigenvalue weighted by atomic mass is 19.4. The van der Waals surface area contributed by atoms with Crippen LogP contribution in [0.2, 0.25) is 0 Å². The number of rotatable bonds is 2. The maximum absolute atomic E-state index is 13.2. The lowest BCUT2D eigenvalue weighted by Crippen LogP contribution is -2.20. The molecule has 0 bridgehead atoms. The molecule has 0 saturated carbocycles. The van der Waals surface area contributed by atoms with Crippen LogP contribution in [0.5, 0.6) is 0 Å². The van der Waals surface area contributed by atoms with Gasteiger partial charge in [0.25, 0.3) is 0 Å². The molecule has 1 N–H and O–H groups in total. The van der Waals surface area contributed by atoms with Gasteiger partial charge in [0, 0.05) is 0 Å². The van der Waals surface area contributed by atoms with Crippen molar-refractivity contribution in [2.24, 2.45) is 0 Å². The fraction of sp³-hybridized carbons (Fsp3) is 0.250. The number of halogens is 12. The molecule has 0 spiro atoms. The molecule has 0 radical (unpaired) electrons. The average molecular weight is 441 g/mol. The minimum absolute atomic E-state index is 0.0464. The lowest BCUT2D eigenvalue weighted by Gasteiger charge is -2.23. The van der Waals surface area contributed by atoms with E-state index in [2.05, 4.69) is 0 Å². The van der Waals surface area contributed by atoms with Crippen LogP contribution >= 0.6 is 0 Å². The van der Waals surface area contributed by atoms with Gasteiger partial charge in [-0.25, -0.2) is 0 Å². The van der Waals surface area contributed by atoms with Crippen LogP contribution < -0.4 is 5.32 Å². The second-order valence-electron chi connectivity index (χ2n) is 5.57. The maximum Gasteiger partial charge on any atom is 0.419 e. The third-order valence-electron chi connectivity index (χ3n) is 3.58. The first kappa shape index (κ1) is 22.7. The van der Waals surface area contributed by atoms with Crippen LogP contribution in [0.3, 0.4) is 0 Å². The summed E-state index contributed by atoms with van der Waals surface area (Å²) in [5, 5.41) is 1.44. The zero-order valence-corrected chi connectivity index (χ0v) is 13.5. The molecular formula is C16H7F12N. The first-order valence-corrected chi connectivity index (χ1v) is 7.26. The fourth-order valence-electron chi connectivity index (χ4n) is 2.54. The summed E-state index contributed by atoms with van der Waals surface area (Å²) in [5.41, 5.74) is -12.1. The van der Waals surface area contributed by atoms with Crippen molar-refractivity contribution in [1.29, 1.82) is 0 Å². The summed E-state index contributed by atoms with van der Waals surface area (Å²) < 4.78 is 157. The van der Waals surface area contributed by atoms with Crippen LogP contribution in [-0.4, -0.2) is 0 Å². The lowest BCUT2D eigenvalue weighted by molar-refractivity contribution is -0.161. The molecule has 0 aliphatic heterocycles. The Hall–Kier alpha value is -2.60. The van der Waals surface area contributed by atoms with Crippen LogP contribution in [0.15, 0.2) is 36.4 Å². The van der Waals surface area contributed by atoms with Gasteiger partial charge in [-0.2, -0.15) is 52.7 Å². The highest BCUT2D eigenvalue weighted by Crippen LogP contribution is 2.47. The van der Waals surface area contributed by atoms with Crippen LogP contribution in [0.4, 0.5) is 64.1 Å². The van der Waals surface area contributed by atoms with E-state index in [1.54, 1.807) is 0 Å². The van der Waals surface area contributed by atoms with Crippen molar-refractivity contribution in [2.75, 3.05) is 5.32 Å². The highest BCUT2D eigenvalue weighted by molar-refractivity contribution is 5.70. The molecule has 2 aromatic rings. The third kappa shape index (κ3) is 4.88. The van der Waals surface area contributed by atoms with Gasteiger partial charge in [-0.05, 0) is 24.3 Å². The minimum atomic E-state index is -5.67. The average Bonchev–Trinajstić information content (AvgIpc) is 2.50. The number of benzene rings is 2. The summed E-state index contributed by atoms with van der Waals surface area (Å²) in [4.78, 5) is 0. The van der Waals surface area contributed by atoms with Gasteiger partial charge in [0.1, 0.15) is 0 Å². The van der Waals surface area contributed by atoms with E-state index in [-0.39, 0.29) is 12.1 Å². The fourth-order valence-corrected chi connectivity index (χ4v) is 2.54. The molecule has 2 aromatic carbocycles. The summed E-state index contributed by atoms with van der Waals surface area (Å²) in [6.45, 7) is 0. The monoisotopic (exact) mass is 441 g/mol. The Labute approximate surface area is 153 Å². The van der Waals surface area contributed by atoms with Gasteiger partial charge in [-0.3, -0.25) is 0 Å². The predicted octanol–water partition coefficient (Wildman–Crippen LogP) is 7.51. The third-order valence-corrected chi connectivity index (χ3v) is 3.58. The molecular weight excluding hydrogens is 434 g/mol. The summed E-state index contributed by atoms with van der Waals surface area (Å²) >= 11 is 0. The molecule has 13 heteroatoms. The van der Waals surface area contributed by atoms with Gasteiger partial charge in [-0.15, -0.1) is 0 Å². The number of hydrogen-bond donors (Lipinski definition) is 1. The largest absolute Gasteiger partial charge is 0.419 e. The zero-order chi connectivity index (χ0) is 22.4. The van der Waals surface area contributed by atoms with Gasteiger partial charge in [0.15, 0.2) is 0 Å². The van der Waals surface area contributed by atoms with Gasteiger partial charge in [0.2, 0.25) is 0 Å². The summed E-state index contributed by atoms with van der Waals surface area (Å²) in [7, 11) is 0. The Kier molecular flexibility index (Phi) is 5.49. The summed E-state index contributed by atoms with van der Waals surface area (Å²) in [5.74, 6) is 0. The molecule has 0 unspecified atom stereocenters. The Morgan fingerprint density at radius 3 is 1.00 bits per heavy atom. The second kappa shape index (κ2) is 7.02. The number of anilines is 2. The van der Waals surface area contributed by atoms with E-state index >= 15 is 0 Å². The molecule has 1 nitrogen and oxygen atoms in total. The number of nitrogens with one attached hydrogen (secondary N) is 1. The number of hydrogen-bond acceptors (Lipinski definition) is 1. The van der Waals surface area contributed by atoms with Gasteiger partial charge >= 0.3 is 24.7 Å². The minimum Gasteiger partial charge on any atom is -0.355 e. The molecule has 0 heterocycles. The Bertz CT molecular complexity index is 813. The van der Waals surface area contributed by atoms with Crippen molar-refractivity contribution >= 4 is 11.4 Å². The van der Waals surface area contributed by atoms with Crippen molar-refractivity contribution < 1.29 is 52.7 Å². The first-order chi connectivity index (χ1) is 12.9. The molecule has 29 heavy (non-hydrogen) atoms. The second-order valence-corrected chi connectivity index (χ2v) is 5.57. The molecule has 0 amide bonds. The zero-order valence-electron chi connectivity index (χ0n) is 13.5.